The predicted octanol–water partition coefficient (Wildman–Crippen LogP) is 3.35. The zero-order valence-corrected chi connectivity index (χ0v) is 12.3. The van der Waals surface area contributed by atoms with Gasteiger partial charge in [0.25, 0.3) is 0 Å². The van der Waals surface area contributed by atoms with Crippen molar-refractivity contribution < 1.29 is 9.47 Å². The molecule has 2 aromatic rings. The molecule has 0 saturated heterocycles. The van der Waals surface area contributed by atoms with Crippen LogP contribution in [0.3, 0.4) is 0 Å². The minimum Gasteiger partial charge on any atom is -0.496 e. The average molecular weight is 271 g/mol. The van der Waals surface area contributed by atoms with Crippen molar-refractivity contribution in [1.29, 1.82) is 0 Å². The molecule has 0 fully saturated rings. The van der Waals surface area contributed by atoms with Crippen LogP contribution in [0.25, 0.3) is 0 Å². The molecule has 0 heterocycles. The summed E-state index contributed by atoms with van der Waals surface area (Å²) in [5, 5.41) is 0. The van der Waals surface area contributed by atoms with E-state index in [9.17, 15) is 0 Å². The second kappa shape index (κ2) is 6.44. The Morgan fingerprint density at radius 3 is 2.35 bits per heavy atom. The number of rotatable bonds is 5. The number of hydrogen-bond donors (Lipinski definition) is 1. The van der Waals surface area contributed by atoms with Crippen LogP contribution in [0.2, 0.25) is 0 Å². The van der Waals surface area contributed by atoms with Gasteiger partial charge in [0.1, 0.15) is 18.1 Å². The largest absolute Gasteiger partial charge is 0.496 e. The lowest BCUT2D eigenvalue weighted by molar-refractivity contribution is 0.301. The fourth-order valence-electron chi connectivity index (χ4n) is 2.23. The molecule has 3 nitrogen and oxygen atoms in total. The van der Waals surface area contributed by atoms with Crippen LogP contribution < -0.4 is 15.2 Å². The Morgan fingerprint density at radius 1 is 1.05 bits per heavy atom. The van der Waals surface area contributed by atoms with Gasteiger partial charge in [-0.25, -0.2) is 0 Å². The fraction of sp³-hybridized carbons (Fsp3) is 0.294. The predicted molar refractivity (Wildman–Crippen MR) is 81.1 cm³/mol. The highest BCUT2D eigenvalue weighted by atomic mass is 16.5. The number of aryl methyl sites for hydroxylation is 2. The first-order chi connectivity index (χ1) is 9.65. The quantitative estimate of drug-likeness (QED) is 0.907. The first-order valence-electron chi connectivity index (χ1n) is 6.70. The first-order valence-corrected chi connectivity index (χ1v) is 6.70. The zero-order chi connectivity index (χ0) is 14.5. The first kappa shape index (κ1) is 14.4. The zero-order valence-electron chi connectivity index (χ0n) is 12.3. The lowest BCUT2D eigenvalue weighted by Gasteiger charge is -2.13. The van der Waals surface area contributed by atoms with E-state index in [0.29, 0.717) is 13.2 Å². The van der Waals surface area contributed by atoms with Gasteiger partial charge in [0.2, 0.25) is 0 Å². The Morgan fingerprint density at radius 2 is 1.75 bits per heavy atom. The number of nitrogens with two attached hydrogens (primary N) is 1. The van der Waals surface area contributed by atoms with Gasteiger partial charge in [0.15, 0.2) is 0 Å². The maximum absolute atomic E-state index is 5.94. The number of hydrogen-bond acceptors (Lipinski definition) is 3. The highest BCUT2D eigenvalue weighted by Crippen LogP contribution is 2.25. The minimum absolute atomic E-state index is 0.473. The van der Waals surface area contributed by atoms with E-state index in [1.54, 1.807) is 7.11 Å². The summed E-state index contributed by atoms with van der Waals surface area (Å²) in [6, 6.07) is 12.1. The van der Waals surface area contributed by atoms with Crippen LogP contribution in [0.1, 0.15) is 22.3 Å². The molecule has 2 rings (SSSR count). The lowest BCUT2D eigenvalue weighted by atomic mass is 10.1. The van der Waals surface area contributed by atoms with Crippen LogP contribution in [-0.4, -0.2) is 7.11 Å². The number of para-hydroxylation sites is 1. The van der Waals surface area contributed by atoms with Crippen molar-refractivity contribution in [1.82, 2.24) is 0 Å². The molecule has 0 aliphatic rings. The summed E-state index contributed by atoms with van der Waals surface area (Å²) in [5.74, 6) is 1.77. The van der Waals surface area contributed by atoms with Gasteiger partial charge < -0.3 is 15.2 Å². The van der Waals surface area contributed by atoms with E-state index in [1.807, 2.05) is 24.3 Å². The molecule has 0 aromatic heterocycles. The van der Waals surface area contributed by atoms with E-state index >= 15 is 0 Å². The molecule has 0 saturated carbocycles. The highest BCUT2D eigenvalue weighted by molar-refractivity contribution is 5.41. The monoisotopic (exact) mass is 271 g/mol. The molecule has 0 aliphatic carbocycles. The summed E-state index contributed by atoms with van der Waals surface area (Å²) in [6.07, 6.45) is 0. The standard InChI is InChI=1S/C17H21NO2/c1-12-5-4-6-13(2)17(12)20-11-14-7-8-15(10-18)16(9-14)19-3/h4-9H,10-11,18H2,1-3H3. The van der Waals surface area contributed by atoms with Crippen LogP contribution in [0, 0.1) is 13.8 Å². The molecule has 0 atom stereocenters. The SMILES string of the molecule is COc1cc(COc2c(C)cccc2C)ccc1CN. The van der Waals surface area contributed by atoms with E-state index < -0.39 is 0 Å². The van der Waals surface area contributed by atoms with E-state index in [-0.39, 0.29) is 0 Å². The smallest absolute Gasteiger partial charge is 0.125 e. The summed E-state index contributed by atoms with van der Waals surface area (Å²) in [7, 11) is 1.66. The molecule has 2 aromatic carbocycles. The van der Waals surface area contributed by atoms with E-state index in [2.05, 4.69) is 26.0 Å². The topological polar surface area (TPSA) is 44.5 Å². The molecule has 0 bridgehead atoms. The van der Waals surface area contributed by atoms with Crippen LogP contribution >= 0.6 is 0 Å². The summed E-state index contributed by atoms with van der Waals surface area (Å²) in [6.45, 7) is 5.11. The van der Waals surface area contributed by atoms with Crippen LogP contribution in [-0.2, 0) is 13.2 Å². The molecule has 0 unspecified atom stereocenters. The molecule has 0 amide bonds. The third kappa shape index (κ3) is 3.11. The maximum atomic E-state index is 5.94. The molecule has 2 N–H and O–H groups in total. The number of ether oxygens (including phenoxy) is 2. The third-order valence-electron chi connectivity index (χ3n) is 3.36. The van der Waals surface area contributed by atoms with Crippen molar-refractivity contribution in [3.8, 4) is 11.5 Å². The fourth-order valence-corrected chi connectivity index (χ4v) is 2.23. The van der Waals surface area contributed by atoms with Gasteiger partial charge >= 0.3 is 0 Å². The lowest BCUT2D eigenvalue weighted by Crippen LogP contribution is -2.03. The Bertz CT molecular complexity index is 573. The summed E-state index contributed by atoms with van der Waals surface area (Å²) in [5.41, 5.74) is 10.0. The van der Waals surface area contributed by atoms with Crippen molar-refractivity contribution >= 4 is 0 Å². The van der Waals surface area contributed by atoms with Crippen LogP contribution in [0.4, 0.5) is 0 Å². The molecule has 0 radical (unpaired) electrons. The maximum Gasteiger partial charge on any atom is 0.125 e. The molecule has 0 spiro atoms. The van der Waals surface area contributed by atoms with E-state index in [0.717, 1.165) is 33.8 Å². The second-order valence-electron chi connectivity index (χ2n) is 4.86. The second-order valence-corrected chi connectivity index (χ2v) is 4.86. The normalized spacial score (nSPS) is 10.4. The van der Waals surface area contributed by atoms with Gasteiger partial charge in [-0.15, -0.1) is 0 Å². The van der Waals surface area contributed by atoms with Gasteiger partial charge in [-0.3, -0.25) is 0 Å². The minimum atomic E-state index is 0.473. The van der Waals surface area contributed by atoms with Crippen molar-refractivity contribution in [2.24, 2.45) is 5.73 Å². The molecular formula is C17H21NO2. The van der Waals surface area contributed by atoms with Gasteiger partial charge in [-0.1, -0.05) is 30.3 Å². The van der Waals surface area contributed by atoms with Gasteiger partial charge in [-0.2, -0.15) is 0 Å². The summed E-state index contributed by atoms with van der Waals surface area (Å²) < 4.78 is 11.3. The average Bonchev–Trinajstić information content (AvgIpc) is 2.46. The van der Waals surface area contributed by atoms with Gasteiger partial charge in [-0.05, 0) is 36.6 Å². The Labute approximate surface area is 120 Å². The van der Waals surface area contributed by atoms with Crippen LogP contribution in [0.15, 0.2) is 36.4 Å². The van der Waals surface area contributed by atoms with Crippen molar-refractivity contribution in [3.05, 3.63) is 58.7 Å². The summed E-state index contributed by atoms with van der Waals surface area (Å²) >= 11 is 0. The van der Waals surface area contributed by atoms with Crippen molar-refractivity contribution in [2.75, 3.05) is 7.11 Å². The molecule has 3 heteroatoms. The van der Waals surface area contributed by atoms with Gasteiger partial charge in [0.05, 0.1) is 7.11 Å². The van der Waals surface area contributed by atoms with Crippen molar-refractivity contribution in [3.63, 3.8) is 0 Å². The Balaban J connectivity index is 2.15. The molecule has 0 aliphatic heterocycles. The Kier molecular flexibility index (Phi) is 4.64. The molecular weight excluding hydrogens is 250 g/mol. The summed E-state index contributed by atoms with van der Waals surface area (Å²) in [4.78, 5) is 0. The molecule has 106 valence electrons. The van der Waals surface area contributed by atoms with Crippen molar-refractivity contribution in [2.45, 2.75) is 27.0 Å². The molecule has 20 heavy (non-hydrogen) atoms. The van der Waals surface area contributed by atoms with Crippen LogP contribution in [0.5, 0.6) is 11.5 Å². The number of benzene rings is 2. The van der Waals surface area contributed by atoms with E-state index in [1.165, 1.54) is 0 Å². The number of methoxy groups -OCH3 is 1. The van der Waals surface area contributed by atoms with E-state index in [4.69, 9.17) is 15.2 Å². The van der Waals surface area contributed by atoms with Gasteiger partial charge in [0, 0.05) is 12.1 Å². The Hall–Kier alpha value is -2.00. The highest BCUT2D eigenvalue weighted by Gasteiger charge is 2.06. The third-order valence-corrected chi connectivity index (χ3v) is 3.36.